The Hall–Kier alpha value is -2.57. The fraction of sp³-hybridized carbons (Fsp3) is 0.409. The first-order chi connectivity index (χ1) is 13.5. The molecule has 0 aliphatic carbocycles. The highest BCUT2D eigenvalue weighted by Crippen LogP contribution is 2.38. The molecular formula is C22H26N2O4. The molecule has 4 rings (SSSR count). The Balaban J connectivity index is 1.61. The van der Waals surface area contributed by atoms with Gasteiger partial charge in [0.2, 0.25) is 0 Å². The number of likely N-dealkylation sites (tertiary alicyclic amines) is 1. The molecular weight excluding hydrogens is 356 g/mol. The molecule has 2 aliphatic heterocycles. The third kappa shape index (κ3) is 3.23. The van der Waals surface area contributed by atoms with Crippen LogP contribution in [0.2, 0.25) is 0 Å². The highest BCUT2D eigenvalue weighted by molar-refractivity contribution is 5.98. The molecule has 28 heavy (non-hydrogen) atoms. The number of likely N-dealkylation sites (N-methyl/N-ethyl adjacent to an activating group) is 1. The van der Waals surface area contributed by atoms with E-state index in [9.17, 15) is 9.90 Å². The molecule has 0 radical (unpaired) electrons. The van der Waals surface area contributed by atoms with E-state index in [1.165, 1.54) is 0 Å². The lowest BCUT2D eigenvalue weighted by Gasteiger charge is -2.47. The molecule has 0 spiro atoms. The number of piperidine rings is 1. The quantitative estimate of drug-likeness (QED) is 0.881. The molecule has 1 N–H and O–H groups in total. The molecule has 0 unspecified atom stereocenters. The summed E-state index contributed by atoms with van der Waals surface area (Å²) in [6, 6.07) is 14.9. The minimum Gasteiger partial charge on any atom is -0.486 e. The maximum atomic E-state index is 13.3. The smallest absolute Gasteiger partial charge is 0.257 e. The van der Waals surface area contributed by atoms with Crippen LogP contribution in [0.5, 0.6) is 11.5 Å². The summed E-state index contributed by atoms with van der Waals surface area (Å²) in [6.07, 6.45) is 0.470. The summed E-state index contributed by atoms with van der Waals surface area (Å²) < 4.78 is 11.3. The zero-order valence-corrected chi connectivity index (χ0v) is 16.3. The first kappa shape index (κ1) is 18.8. The number of carbonyl (C=O) groups is 1. The van der Waals surface area contributed by atoms with Gasteiger partial charge < -0.3 is 24.4 Å². The molecule has 1 saturated heterocycles. The highest BCUT2D eigenvalue weighted by atomic mass is 16.6. The van der Waals surface area contributed by atoms with Crippen LogP contribution < -0.4 is 9.47 Å². The Labute approximate surface area is 165 Å². The lowest BCUT2D eigenvalue weighted by molar-refractivity contribution is -0.0811. The average Bonchev–Trinajstić information content (AvgIpc) is 2.73. The second-order valence-electron chi connectivity index (χ2n) is 7.60. The van der Waals surface area contributed by atoms with E-state index < -0.39 is 5.60 Å². The van der Waals surface area contributed by atoms with E-state index in [1.807, 2.05) is 61.5 Å². The van der Waals surface area contributed by atoms with Crippen molar-refractivity contribution in [2.24, 2.45) is 0 Å². The Morgan fingerprint density at radius 1 is 1.11 bits per heavy atom. The van der Waals surface area contributed by atoms with Crippen LogP contribution in [0.15, 0.2) is 48.5 Å². The van der Waals surface area contributed by atoms with Gasteiger partial charge in [0.1, 0.15) is 18.8 Å². The fourth-order valence-electron chi connectivity index (χ4n) is 4.17. The summed E-state index contributed by atoms with van der Waals surface area (Å²) in [5.74, 6) is 1.03. The third-order valence-corrected chi connectivity index (χ3v) is 5.69. The van der Waals surface area contributed by atoms with Crippen molar-refractivity contribution in [3.05, 3.63) is 59.7 Å². The molecule has 1 amide bonds. The van der Waals surface area contributed by atoms with Crippen LogP contribution in [0, 0.1) is 0 Å². The van der Waals surface area contributed by atoms with Crippen molar-refractivity contribution in [3.63, 3.8) is 0 Å². The number of aliphatic hydroxyl groups is 1. The molecule has 2 atom stereocenters. The zero-order valence-electron chi connectivity index (χ0n) is 16.3. The summed E-state index contributed by atoms with van der Waals surface area (Å²) >= 11 is 0. The van der Waals surface area contributed by atoms with E-state index in [0.29, 0.717) is 49.8 Å². The first-order valence-electron chi connectivity index (χ1n) is 9.63. The Kier molecular flexibility index (Phi) is 5.00. The van der Waals surface area contributed by atoms with Gasteiger partial charge in [-0.1, -0.05) is 36.4 Å². The van der Waals surface area contributed by atoms with Crippen molar-refractivity contribution in [1.82, 2.24) is 9.80 Å². The van der Waals surface area contributed by atoms with Gasteiger partial charge in [0, 0.05) is 13.1 Å². The molecule has 0 aromatic heterocycles. The normalized spacial score (nSPS) is 24.3. The van der Waals surface area contributed by atoms with Gasteiger partial charge in [-0.2, -0.15) is 0 Å². The average molecular weight is 382 g/mol. The molecule has 2 aromatic rings. The Morgan fingerprint density at radius 2 is 1.86 bits per heavy atom. The van der Waals surface area contributed by atoms with Gasteiger partial charge in [0.25, 0.3) is 5.91 Å². The van der Waals surface area contributed by atoms with Gasteiger partial charge >= 0.3 is 0 Å². The standard InChI is InChI=1S/C22H26N2O4/c1-23(2)19-15-24(12-11-22(19,26)16-7-4-3-5-8-16)21(25)17-9-6-10-18-20(17)28-14-13-27-18/h3-10,19,26H,11-15H2,1-2H3/t19-,22+/m1/s1. The molecule has 6 nitrogen and oxygen atoms in total. The number of carbonyl (C=O) groups excluding carboxylic acids is 1. The number of nitrogens with zero attached hydrogens (tertiary/aromatic N) is 2. The number of rotatable bonds is 3. The summed E-state index contributed by atoms with van der Waals surface area (Å²) in [6.45, 7) is 1.83. The highest BCUT2D eigenvalue weighted by Gasteiger charge is 2.45. The maximum Gasteiger partial charge on any atom is 0.257 e. The van der Waals surface area contributed by atoms with Crippen LogP contribution in [-0.4, -0.2) is 67.3 Å². The van der Waals surface area contributed by atoms with Crippen LogP contribution in [0.25, 0.3) is 0 Å². The topological polar surface area (TPSA) is 62.2 Å². The molecule has 148 valence electrons. The predicted molar refractivity (Wildman–Crippen MR) is 106 cm³/mol. The lowest BCUT2D eigenvalue weighted by atomic mass is 9.79. The second kappa shape index (κ2) is 7.45. The minimum absolute atomic E-state index is 0.0932. The molecule has 0 bridgehead atoms. The molecule has 2 heterocycles. The Bertz CT molecular complexity index is 855. The lowest BCUT2D eigenvalue weighted by Crippen LogP contribution is -2.60. The Morgan fingerprint density at radius 3 is 2.61 bits per heavy atom. The summed E-state index contributed by atoms with van der Waals surface area (Å²) in [4.78, 5) is 17.1. The largest absolute Gasteiger partial charge is 0.486 e. The van der Waals surface area contributed by atoms with Crippen molar-refractivity contribution in [1.29, 1.82) is 0 Å². The molecule has 1 fully saturated rings. The van der Waals surface area contributed by atoms with Crippen LogP contribution in [0.1, 0.15) is 22.3 Å². The van der Waals surface area contributed by atoms with Gasteiger partial charge in [0.15, 0.2) is 11.5 Å². The van der Waals surface area contributed by atoms with Crippen LogP contribution in [0.3, 0.4) is 0 Å². The monoisotopic (exact) mass is 382 g/mol. The number of fused-ring (bicyclic) bond motifs is 1. The van der Waals surface area contributed by atoms with Gasteiger partial charge in [0.05, 0.1) is 11.6 Å². The van der Waals surface area contributed by atoms with Gasteiger partial charge in [-0.15, -0.1) is 0 Å². The number of para-hydroxylation sites is 1. The van der Waals surface area contributed by atoms with E-state index in [1.54, 1.807) is 11.0 Å². The number of hydrogen-bond acceptors (Lipinski definition) is 5. The van der Waals surface area contributed by atoms with E-state index in [-0.39, 0.29) is 11.9 Å². The molecule has 0 saturated carbocycles. The molecule has 2 aliphatic rings. The number of amides is 1. The third-order valence-electron chi connectivity index (χ3n) is 5.69. The zero-order chi connectivity index (χ0) is 19.7. The van der Waals surface area contributed by atoms with Crippen LogP contribution >= 0.6 is 0 Å². The van der Waals surface area contributed by atoms with E-state index >= 15 is 0 Å². The van der Waals surface area contributed by atoms with E-state index in [2.05, 4.69) is 0 Å². The fourth-order valence-corrected chi connectivity index (χ4v) is 4.17. The second-order valence-corrected chi connectivity index (χ2v) is 7.60. The number of benzene rings is 2. The summed E-state index contributed by atoms with van der Waals surface area (Å²) in [7, 11) is 3.88. The summed E-state index contributed by atoms with van der Waals surface area (Å²) in [5, 5.41) is 11.5. The van der Waals surface area contributed by atoms with Gasteiger partial charge in [-0.3, -0.25) is 4.79 Å². The maximum absolute atomic E-state index is 13.3. The van der Waals surface area contributed by atoms with Gasteiger partial charge in [-0.05, 0) is 38.2 Å². The predicted octanol–water partition coefficient (Wildman–Crippen LogP) is 2.12. The number of hydrogen-bond donors (Lipinski definition) is 1. The first-order valence-corrected chi connectivity index (χ1v) is 9.63. The summed E-state index contributed by atoms with van der Waals surface area (Å²) in [5.41, 5.74) is 0.395. The number of ether oxygens (including phenoxy) is 2. The van der Waals surface area contributed by atoms with Gasteiger partial charge in [-0.25, -0.2) is 0 Å². The SMILES string of the molecule is CN(C)[C@@H]1CN(C(=O)c2cccc3c2OCCO3)CC[C@]1(O)c1ccccc1. The molecule has 6 heteroatoms. The van der Waals surface area contributed by atoms with Crippen molar-refractivity contribution >= 4 is 5.91 Å². The van der Waals surface area contributed by atoms with Crippen LogP contribution in [-0.2, 0) is 5.60 Å². The van der Waals surface area contributed by atoms with Crippen molar-refractivity contribution in [3.8, 4) is 11.5 Å². The van der Waals surface area contributed by atoms with E-state index in [0.717, 1.165) is 5.56 Å². The van der Waals surface area contributed by atoms with Crippen LogP contribution in [0.4, 0.5) is 0 Å². The van der Waals surface area contributed by atoms with Crippen molar-refractivity contribution in [2.75, 3.05) is 40.4 Å². The van der Waals surface area contributed by atoms with Crippen molar-refractivity contribution in [2.45, 2.75) is 18.1 Å². The van der Waals surface area contributed by atoms with Crippen molar-refractivity contribution < 1.29 is 19.4 Å². The van der Waals surface area contributed by atoms with E-state index in [4.69, 9.17) is 9.47 Å². The molecule has 2 aromatic carbocycles. The minimum atomic E-state index is -1.00.